The number of halogens is 1. The van der Waals surface area contributed by atoms with E-state index in [1.807, 2.05) is 53.1 Å². The molecule has 1 N–H and O–H groups in total. The standard InChI is InChI=1S/C21H20ClN3O/c1-2-3-12-20-24-21(22)19(14-26)25(20)18-11-7-10-16(17(18)13-23)15-8-5-4-6-9-15/h4-11,26H,2-3,12,14H2,1H3. The molecule has 3 rings (SSSR count). The summed E-state index contributed by atoms with van der Waals surface area (Å²) in [6.45, 7) is 1.87. The summed E-state index contributed by atoms with van der Waals surface area (Å²) in [4.78, 5) is 4.43. The Labute approximate surface area is 158 Å². The van der Waals surface area contributed by atoms with Crippen LogP contribution in [0.1, 0.15) is 36.8 Å². The van der Waals surface area contributed by atoms with E-state index in [1.54, 1.807) is 0 Å². The molecule has 5 heteroatoms. The number of aliphatic hydroxyl groups excluding tert-OH is 1. The van der Waals surface area contributed by atoms with Gasteiger partial charge in [-0.05, 0) is 18.1 Å². The van der Waals surface area contributed by atoms with E-state index in [2.05, 4.69) is 18.0 Å². The third-order valence-electron chi connectivity index (χ3n) is 4.38. The number of nitriles is 1. The highest BCUT2D eigenvalue weighted by molar-refractivity contribution is 6.30. The van der Waals surface area contributed by atoms with Gasteiger partial charge in [-0.3, -0.25) is 4.57 Å². The van der Waals surface area contributed by atoms with E-state index in [1.165, 1.54) is 0 Å². The lowest BCUT2D eigenvalue weighted by Crippen LogP contribution is -2.08. The van der Waals surface area contributed by atoms with E-state index in [4.69, 9.17) is 11.6 Å². The Bertz CT molecular complexity index is 942. The summed E-state index contributed by atoms with van der Waals surface area (Å²) >= 11 is 6.26. The van der Waals surface area contributed by atoms with E-state index in [-0.39, 0.29) is 11.8 Å². The van der Waals surface area contributed by atoms with Crippen molar-refractivity contribution in [3.63, 3.8) is 0 Å². The van der Waals surface area contributed by atoms with Crippen molar-refractivity contribution >= 4 is 11.6 Å². The highest BCUT2D eigenvalue weighted by atomic mass is 35.5. The smallest absolute Gasteiger partial charge is 0.153 e. The Balaban J connectivity index is 2.24. The van der Waals surface area contributed by atoms with Gasteiger partial charge in [0.2, 0.25) is 0 Å². The van der Waals surface area contributed by atoms with Crippen LogP contribution >= 0.6 is 11.6 Å². The topological polar surface area (TPSA) is 61.8 Å². The molecule has 0 bridgehead atoms. The van der Waals surface area contributed by atoms with Gasteiger partial charge in [0.05, 0.1) is 23.6 Å². The second-order valence-electron chi connectivity index (χ2n) is 6.04. The first-order valence-electron chi connectivity index (χ1n) is 8.67. The molecule has 132 valence electrons. The molecule has 0 fully saturated rings. The molecule has 0 amide bonds. The first-order chi connectivity index (χ1) is 12.7. The van der Waals surface area contributed by atoms with E-state index >= 15 is 0 Å². The summed E-state index contributed by atoms with van der Waals surface area (Å²) in [7, 11) is 0. The Hall–Kier alpha value is -2.61. The second-order valence-corrected chi connectivity index (χ2v) is 6.40. The van der Waals surface area contributed by atoms with Crippen LogP contribution < -0.4 is 0 Å². The van der Waals surface area contributed by atoms with Crippen molar-refractivity contribution in [2.45, 2.75) is 32.8 Å². The number of hydrogen-bond donors (Lipinski definition) is 1. The lowest BCUT2D eigenvalue weighted by atomic mass is 9.98. The predicted octanol–water partition coefficient (Wildman–Crippen LogP) is 4.90. The van der Waals surface area contributed by atoms with Gasteiger partial charge in [-0.2, -0.15) is 5.26 Å². The van der Waals surface area contributed by atoms with Gasteiger partial charge in [0, 0.05) is 12.0 Å². The van der Waals surface area contributed by atoms with Crippen molar-refractivity contribution in [2.75, 3.05) is 0 Å². The van der Waals surface area contributed by atoms with Crippen LogP contribution in [-0.4, -0.2) is 14.7 Å². The van der Waals surface area contributed by atoms with Crippen LogP contribution in [0.4, 0.5) is 0 Å². The summed E-state index contributed by atoms with van der Waals surface area (Å²) in [5.41, 5.74) is 3.57. The van der Waals surface area contributed by atoms with Gasteiger partial charge in [-0.1, -0.05) is 67.4 Å². The van der Waals surface area contributed by atoms with Gasteiger partial charge in [0.15, 0.2) is 5.15 Å². The number of benzene rings is 2. The van der Waals surface area contributed by atoms with Crippen LogP contribution in [-0.2, 0) is 13.0 Å². The molecule has 0 saturated carbocycles. The number of aliphatic hydroxyl groups is 1. The lowest BCUT2D eigenvalue weighted by Gasteiger charge is -2.15. The first kappa shape index (κ1) is 18.2. The van der Waals surface area contributed by atoms with Crippen LogP contribution in [0.25, 0.3) is 16.8 Å². The Kier molecular flexibility index (Phi) is 5.72. The molecule has 0 aliphatic rings. The number of aromatic nitrogens is 2. The monoisotopic (exact) mass is 365 g/mol. The first-order valence-corrected chi connectivity index (χ1v) is 9.04. The van der Waals surface area contributed by atoms with Crippen LogP contribution in [0.2, 0.25) is 5.15 Å². The largest absolute Gasteiger partial charge is 0.390 e. The molecule has 0 spiro atoms. The number of hydrogen-bond acceptors (Lipinski definition) is 3. The fraction of sp³-hybridized carbons (Fsp3) is 0.238. The number of imidazole rings is 1. The summed E-state index contributed by atoms with van der Waals surface area (Å²) < 4.78 is 1.84. The highest BCUT2D eigenvalue weighted by Gasteiger charge is 2.20. The van der Waals surface area contributed by atoms with Gasteiger partial charge in [-0.25, -0.2) is 4.98 Å². The van der Waals surface area contributed by atoms with Crippen molar-refractivity contribution in [1.29, 1.82) is 5.26 Å². The molecule has 0 radical (unpaired) electrons. The van der Waals surface area contributed by atoms with E-state index in [9.17, 15) is 10.4 Å². The molecule has 0 aliphatic heterocycles. The van der Waals surface area contributed by atoms with Crippen LogP contribution in [0.15, 0.2) is 48.5 Å². The minimum atomic E-state index is -0.238. The molecule has 2 aromatic carbocycles. The van der Waals surface area contributed by atoms with Gasteiger partial charge in [0.25, 0.3) is 0 Å². The highest BCUT2D eigenvalue weighted by Crippen LogP contribution is 2.31. The SMILES string of the molecule is CCCCc1nc(Cl)c(CO)n1-c1cccc(-c2ccccc2)c1C#N. The fourth-order valence-electron chi connectivity index (χ4n) is 3.10. The Morgan fingerprint density at radius 3 is 2.58 bits per heavy atom. The lowest BCUT2D eigenvalue weighted by molar-refractivity contribution is 0.274. The summed E-state index contributed by atoms with van der Waals surface area (Å²) in [6, 6.07) is 17.8. The number of unbranched alkanes of at least 4 members (excludes halogenated alkanes) is 1. The third-order valence-corrected chi connectivity index (χ3v) is 4.68. The molecule has 26 heavy (non-hydrogen) atoms. The van der Waals surface area contributed by atoms with Crippen LogP contribution in [0.5, 0.6) is 0 Å². The average Bonchev–Trinajstić information content (AvgIpc) is 3.01. The number of rotatable bonds is 6. The Morgan fingerprint density at radius 1 is 1.15 bits per heavy atom. The van der Waals surface area contributed by atoms with E-state index in [0.717, 1.165) is 36.2 Å². The predicted molar refractivity (Wildman–Crippen MR) is 103 cm³/mol. The zero-order chi connectivity index (χ0) is 18.5. The number of nitrogens with zero attached hydrogens (tertiary/aromatic N) is 3. The molecule has 0 aliphatic carbocycles. The molecule has 3 aromatic rings. The molecule has 0 saturated heterocycles. The van der Waals surface area contributed by atoms with Crippen LogP contribution in [0.3, 0.4) is 0 Å². The van der Waals surface area contributed by atoms with Crippen LogP contribution in [0, 0.1) is 11.3 Å². The van der Waals surface area contributed by atoms with Crippen molar-refractivity contribution in [3.8, 4) is 22.9 Å². The van der Waals surface area contributed by atoms with Crippen molar-refractivity contribution < 1.29 is 5.11 Å². The van der Waals surface area contributed by atoms with Crippen molar-refractivity contribution in [1.82, 2.24) is 9.55 Å². The average molecular weight is 366 g/mol. The van der Waals surface area contributed by atoms with Gasteiger partial charge >= 0.3 is 0 Å². The summed E-state index contributed by atoms with van der Waals surface area (Å²) in [6.07, 6.45) is 2.71. The second kappa shape index (κ2) is 8.18. The molecule has 1 heterocycles. The summed E-state index contributed by atoms with van der Waals surface area (Å²) in [5, 5.41) is 20.0. The molecule has 0 atom stereocenters. The molecule has 0 unspecified atom stereocenters. The zero-order valence-corrected chi connectivity index (χ0v) is 15.4. The maximum absolute atomic E-state index is 9.88. The molecular formula is C21H20ClN3O. The molecular weight excluding hydrogens is 346 g/mol. The molecule has 4 nitrogen and oxygen atoms in total. The normalized spacial score (nSPS) is 10.7. The number of aryl methyl sites for hydroxylation is 1. The van der Waals surface area contributed by atoms with Gasteiger partial charge in [-0.15, -0.1) is 0 Å². The maximum atomic E-state index is 9.88. The van der Waals surface area contributed by atoms with E-state index < -0.39 is 0 Å². The fourth-order valence-corrected chi connectivity index (χ4v) is 3.34. The minimum absolute atomic E-state index is 0.238. The molecule has 1 aromatic heterocycles. The van der Waals surface area contributed by atoms with Gasteiger partial charge < -0.3 is 5.11 Å². The van der Waals surface area contributed by atoms with Crippen molar-refractivity contribution in [2.24, 2.45) is 0 Å². The summed E-state index contributed by atoms with van der Waals surface area (Å²) in [5.74, 6) is 0.766. The quantitative estimate of drug-likeness (QED) is 0.675. The van der Waals surface area contributed by atoms with Crippen molar-refractivity contribution in [3.05, 3.63) is 70.8 Å². The van der Waals surface area contributed by atoms with Gasteiger partial charge in [0.1, 0.15) is 11.9 Å². The maximum Gasteiger partial charge on any atom is 0.153 e. The third kappa shape index (κ3) is 3.37. The minimum Gasteiger partial charge on any atom is -0.390 e. The Morgan fingerprint density at radius 2 is 1.92 bits per heavy atom. The zero-order valence-electron chi connectivity index (χ0n) is 14.6. The van der Waals surface area contributed by atoms with E-state index in [0.29, 0.717) is 16.9 Å².